The van der Waals surface area contributed by atoms with Crippen LogP contribution in [0.1, 0.15) is 16.1 Å². The molecule has 0 atom stereocenters. The molecule has 2 aromatic heterocycles. The maximum atomic E-state index is 12.2. The second kappa shape index (κ2) is 7.52. The van der Waals surface area contributed by atoms with E-state index in [9.17, 15) is 4.79 Å². The Hall–Kier alpha value is -2.67. The molecule has 5 nitrogen and oxygen atoms in total. The number of benzene rings is 2. The van der Waals surface area contributed by atoms with Gasteiger partial charge in [0.1, 0.15) is 0 Å². The van der Waals surface area contributed by atoms with Crippen LogP contribution in [0.2, 0.25) is 10.0 Å². The van der Waals surface area contributed by atoms with Crippen molar-refractivity contribution in [3.05, 3.63) is 81.4 Å². The van der Waals surface area contributed by atoms with Gasteiger partial charge in [0.25, 0.3) is 0 Å². The van der Waals surface area contributed by atoms with Crippen molar-refractivity contribution in [3.63, 3.8) is 0 Å². The maximum absolute atomic E-state index is 12.2. The number of hydrogen-bond donors (Lipinski definition) is 0. The lowest BCUT2D eigenvalue weighted by atomic mass is 10.1. The molecule has 27 heavy (non-hydrogen) atoms. The highest BCUT2D eigenvalue weighted by molar-refractivity contribution is 7.15. The van der Waals surface area contributed by atoms with Crippen molar-refractivity contribution in [1.82, 2.24) is 9.38 Å². The molecule has 134 valence electrons. The van der Waals surface area contributed by atoms with Crippen molar-refractivity contribution in [1.29, 1.82) is 0 Å². The summed E-state index contributed by atoms with van der Waals surface area (Å²) in [5, 5.41) is 6.41. The molecule has 2 aromatic carbocycles. The van der Waals surface area contributed by atoms with Crippen molar-refractivity contribution in [3.8, 4) is 11.3 Å². The summed E-state index contributed by atoms with van der Waals surface area (Å²) in [7, 11) is 0. The lowest BCUT2D eigenvalue weighted by Gasteiger charge is -2.02. The number of halogens is 2. The van der Waals surface area contributed by atoms with E-state index in [1.807, 2.05) is 46.3 Å². The van der Waals surface area contributed by atoms with Gasteiger partial charge in [-0.05, 0) is 18.2 Å². The summed E-state index contributed by atoms with van der Waals surface area (Å²) in [4.78, 5) is 22.7. The van der Waals surface area contributed by atoms with E-state index in [2.05, 4.69) is 10.1 Å². The zero-order valence-corrected chi connectivity index (χ0v) is 16.0. The van der Waals surface area contributed by atoms with E-state index < -0.39 is 5.97 Å². The molecule has 8 heteroatoms. The van der Waals surface area contributed by atoms with Crippen LogP contribution in [-0.4, -0.2) is 21.6 Å². The Labute approximate surface area is 168 Å². The van der Waals surface area contributed by atoms with Crippen LogP contribution in [0, 0.1) is 0 Å². The molecule has 0 unspecified atom stereocenters. The zero-order valence-electron chi connectivity index (χ0n) is 13.7. The lowest BCUT2D eigenvalue weighted by molar-refractivity contribution is 0.0519. The molecule has 4 aromatic rings. The van der Waals surface area contributed by atoms with Gasteiger partial charge in [-0.3, -0.25) is 4.40 Å². The van der Waals surface area contributed by atoms with Gasteiger partial charge >= 0.3 is 5.97 Å². The summed E-state index contributed by atoms with van der Waals surface area (Å²) in [6.07, 6.45) is 3.36. The minimum atomic E-state index is -0.666. The number of oxime groups is 1. The fraction of sp³-hybridized carbons (Fsp3) is 0. The number of hydrogen-bond acceptors (Lipinski definition) is 5. The van der Waals surface area contributed by atoms with E-state index in [0.29, 0.717) is 10.7 Å². The van der Waals surface area contributed by atoms with Gasteiger partial charge < -0.3 is 4.84 Å². The molecule has 0 radical (unpaired) electrons. The van der Waals surface area contributed by atoms with Crippen LogP contribution in [-0.2, 0) is 4.84 Å². The first-order chi connectivity index (χ1) is 13.1. The highest BCUT2D eigenvalue weighted by Gasteiger charge is 2.15. The predicted molar refractivity (Wildman–Crippen MR) is 108 cm³/mol. The van der Waals surface area contributed by atoms with Gasteiger partial charge in [0.05, 0.1) is 28.2 Å². The number of carbonyl (C=O) groups excluding carboxylic acids is 1. The van der Waals surface area contributed by atoms with Gasteiger partial charge in [-0.1, -0.05) is 58.7 Å². The Morgan fingerprint density at radius 3 is 2.78 bits per heavy atom. The summed E-state index contributed by atoms with van der Waals surface area (Å²) in [6.45, 7) is 0. The quantitative estimate of drug-likeness (QED) is 0.249. The molecule has 0 aliphatic rings. The minimum Gasteiger partial charge on any atom is -0.313 e. The van der Waals surface area contributed by atoms with Crippen molar-refractivity contribution in [2.24, 2.45) is 5.16 Å². The first-order valence-corrected chi connectivity index (χ1v) is 9.48. The van der Waals surface area contributed by atoms with Gasteiger partial charge in [-0.15, -0.1) is 11.3 Å². The Kier molecular flexibility index (Phi) is 4.94. The molecule has 0 aliphatic heterocycles. The molecule has 0 saturated carbocycles. The molecule has 0 fully saturated rings. The van der Waals surface area contributed by atoms with Crippen LogP contribution in [0.3, 0.4) is 0 Å². The van der Waals surface area contributed by atoms with Crippen LogP contribution >= 0.6 is 34.5 Å². The van der Waals surface area contributed by atoms with Crippen LogP contribution < -0.4 is 0 Å². The number of aromatic nitrogens is 2. The van der Waals surface area contributed by atoms with Crippen molar-refractivity contribution < 1.29 is 9.63 Å². The van der Waals surface area contributed by atoms with E-state index >= 15 is 0 Å². The second-order valence-corrected chi connectivity index (χ2v) is 7.22. The van der Waals surface area contributed by atoms with Crippen LogP contribution in [0.15, 0.2) is 65.3 Å². The van der Waals surface area contributed by atoms with Gasteiger partial charge in [-0.2, -0.15) is 0 Å². The Balaban J connectivity index is 1.63. The average molecular weight is 416 g/mol. The Morgan fingerprint density at radius 2 is 2.00 bits per heavy atom. The molecular formula is C19H11Cl2N3O2S. The number of fused-ring (bicyclic) bond motifs is 1. The zero-order chi connectivity index (χ0) is 18.8. The third-order valence-corrected chi connectivity index (χ3v) is 5.11. The van der Waals surface area contributed by atoms with Crippen LogP contribution in [0.5, 0.6) is 0 Å². The fourth-order valence-electron chi connectivity index (χ4n) is 2.56. The number of imidazole rings is 1. The molecule has 2 heterocycles. The van der Waals surface area contributed by atoms with Gasteiger partial charge in [0.15, 0.2) is 4.96 Å². The third kappa shape index (κ3) is 3.60. The molecule has 0 saturated heterocycles. The van der Waals surface area contributed by atoms with E-state index in [0.717, 1.165) is 16.2 Å². The Morgan fingerprint density at radius 1 is 1.19 bits per heavy atom. The molecule has 0 aliphatic carbocycles. The number of thiazole rings is 1. The fourth-order valence-corrected chi connectivity index (χ4v) is 3.77. The first-order valence-electron chi connectivity index (χ1n) is 7.84. The molecular weight excluding hydrogens is 405 g/mol. The van der Waals surface area contributed by atoms with E-state index in [1.54, 1.807) is 6.07 Å². The normalized spacial score (nSPS) is 11.3. The minimum absolute atomic E-state index is 0.190. The largest absolute Gasteiger partial charge is 0.367 e. The van der Waals surface area contributed by atoms with E-state index in [4.69, 9.17) is 28.0 Å². The summed E-state index contributed by atoms with van der Waals surface area (Å²) in [5.74, 6) is -0.666. The SMILES string of the molecule is O=C(O/N=C/c1c(-c2ccccc2)nc2sccn12)c1ccc(Cl)cc1Cl. The molecule has 4 rings (SSSR count). The summed E-state index contributed by atoms with van der Waals surface area (Å²) in [6, 6.07) is 14.3. The third-order valence-electron chi connectivity index (χ3n) is 3.81. The van der Waals surface area contributed by atoms with Gasteiger partial charge in [0.2, 0.25) is 0 Å². The van der Waals surface area contributed by atoms with Gasteiger partial charge in [-0.25, -0.2) is 9.78 Å². The first kappa shape index (κ1) is 17.7. The maximum Gasteiger partial charge on any atom is 0.367 e. The summed E-state index contributed by atoms with van der Waals surface area (Å²) >= 11 is 13.4. The topological polar surface area (TPSA) is 56.0 Å². The summed E-state index contributed by atoms with van der Waals surface area (Å²) < 4.78 is 1.89. The Bertz CT molecular complexity index is 1150. The summed E-state index contributed by atoms with van der Waals surface area (Å²) in [5.41, 5.74) is 2.61. The molecule has 0 spiro atoms. The molecule has 0 amide bonds. The standard InChI is InChI=1S/C19H11Cl2N3O2S/c20-13-6-7-14(15(21)10-13)18(25)26-22-11-16-17(12-4-2-1-3-5-12)23-19-24(16)8-9-27-19/h1-11H/b22-11+. The monoisotopic (exact) mass is 415 g/mol. The van der Waals surface area contributed by atoms with Crippen LogP contribution in [0.4, 0.5) is 0 Å². The van der Waals surface area contributed by atoms with Crippen molar-refractivity contribution in [2.75, 3.05) is 0 Å². The lowest BCUT2D eigenvalue weighted by Crippen LogP contribution is -2.02. The highest BCUT2D eigenvalue weighted by atomic mass is 35.5. The number of nitrogens with zero attached hydrogens (tertiary/aromatic N) is 3. The smallest absolute Gasteiger partial charge is 0.313 e. The van der Waals surface area contributed by atoms with E-state index in [-0.39, 0.29) is 10.6 Å². The number of carbonyl (C=O) groups is 1. The average Bonchev–Trinajstić information content (AvgIpc) is 3.24. The molecule has 0 bridgehead atoms. The van der Waals surface area contributed by atoms with Gasteiger partial charge in [0, 0.05) is 22.2 Å². The van der Waals surface area contributed by atoms with Crippen molar-refractivity contribution in [2.45, 2.75) is 0 Å². The second-order valence-electron chi connectivity index (χ2n) is 5.50. The van der Waals surface area contributed by atoms with Crippen molar-refractivity contribution >= 4 is 51.7 Å². The van der Waals surface area contributed by atoms with E-state index in [1.165, 1.54) is 29.7 Å². The highest BCUT2D eigenvalue weighted by Crippen LogP contribution is 2.26. The molecule has 0 N–H and O–H groups in total. The van der Waals surface area contributed by atoms with Crippen LogP contribution in [0.25, 0.3) is 16.2 Å². The predicted octanol–water partition coefficient (Wildman–Crippen LogP) is 5.56. The number of rotatable bonds is 4.